The van der Waals surface area contributed by atoms with E-state index in [1.807, 2.05) is 18.4 Å². The molecule has 0 saturated heterocycles. The van der Waals surface area contributed by atoms with E-state index < -0.39 is 10.1 Å². The molecular weight excluding hydrogens is 383 g/mol. The van der Waals surface area contributed by atoms with Crippen LogP contribution < -0.4 is 8.92 Å². The zero-order valence-corrected chi connectivity index (χ0v) is 16.7. The minimum Gasteiger partial charge on any atom is -0.471 e. The van der Waals surface area contributed by atoms with Gasteiger partial charge in [0.25, 0.3) is 0 Å². The normalized spacial score (nSPS) is 11.6. The highest BCUT2D eigenvalue weighted by molar-refractivity contribution is 7.86. The minimum atomic E-state index is -3.72. The molecule has 0 amide bonds. The summed E-state index contributed by atoms with van der Waals surface area (Å²) in [5.41, 5.74) is 3.19. The first-order chi connectivity index (χ1) is 13.2. The molecule has 3 rings (SSSR count). The van der Waals surface area contributed by atoms with Gasteiger partial charge in [-0.1, -0.05) is 18.2 Å². The van der Waals surface area contributed by atoms with E-state index in [1.54, 1.807) is 18.2 Å². The van der Waals surface area contributed by atoms with Crippen LogP contribution in [0.2, 0.25) is 0 Å². The van der Waals surface area contributed by atoms with Gasteiger partial charge in [-0.25, -0.2) is 9.37 Å². The zero-order chi connectivity index (χ0) is 20.5. The fraction of sp³-hybridized carbons (Fsp3) is 0.250. The summed E-state index contributed by atoms with van der Waals surface area (Å²) in [6.45, 7) is 8.27. The third kappa shape index (κ3) is 4.01. The van der Waals surface area contributed by atoms with Gasteiger partial charge in [-0.3, -0.25) is 0 Å². The molecule has 2 heterocycles. The van der Waals surface area contributed by atoms with Crippen molar-refractivity contribution in [2.45, 2.75) is 27.0 Å². The van der Waals surface area contributed by atoms with Crippen LogP contribution in [0.5, 0.6) is 11.6 Å². The molecule has 0 atom stereocenters. The first kappa shape index (κ1) is 19.9. The van der Waals surface area contributed by atoms with Gasteiger partial charge in [-0.05, 0) is 37.1 Å². The first-order valence-corrected chi connectivity index (χ1v) is 10.4. The van der Waals surface area contributed by atoms with Gasteiger partial charge in [-0.2, -0.15) is 8.42 Å². The predicted molar refractivity (Wildman–Crippen MR) is 106 cm³/mol. The number of hydrogen-bond donors (Lipinski definition) is 0. The first-order valence-electron chi connectivity index (χ1n) is 8.57. The maximum absolute atomic E-state index is 13.1. The highest BCUT2D eigenvalue weighted by Gasteiger charge is 2.22. The maximum atomic E-state index is 13.1. The van der Waals surface area contributed by atoms with Gasteiger partial charge >= 0.3 is 10.1 Å². The van der Waals surface area contributed by atoms with Crippen LogP contribution in [0.15, 0.2) is 43.1 Å². The number of benzene rings is 1. The molecule has 0 aliphatic rings. The third-order valence-corrected chi connectivity index (χ3v) is 4.90. The lowest BCUT2D eigenvalue weighted by Crippen LogP contribution is -2.08. The second kappa shape index (κ2) is 7.63. The minimum absolute atomic E-state index is 0.148. The number of nitrogens with zero attached hydrogens (tertiary/aromatic N) is 2. The molecule has 0 unspecified atom stereocenters. The standard InChI is InChI=1S/C20H21FN2O4S/c1-5-10-23-14(3)13(2)18-17(27-28(4,24)25)11-22-20(19(18)23)26-12-15-6-8-16(21)9-7-15/h5-9,11H,1,10,12H2,2-4H3. The Morgan fingerprint density at radius 2 is 1.93 bits per heavy atom. The maximum Gasteiger partial charge on any atom is 0.306 e. The SMILES string of the molecule is C=CCn1c(C)c(C)c2c(OS(C)(=O)=O)cnc(OCc3ccc(F)cc3)c21. The molecule has 1 aromatic carbocycles. The van der Waals surface area contributed by atoms with Crippen LogP contribution in [-0.2, 0) is 23.3 Å². The van der Waals surface area contributed by atoms with E-state index in [2.05, 4.69) is 11.6 Å². The van der Waals surface area contributed by atoms with Crippen LogP contribution in [0.1, 0.15) is 16.8 Å². The van der Waals surface area contributed by atoms with Gasteiger partial charge in [0.2, 0.25) is 5.88 Å². The van der Waals surface area contributed by atoms with Gasteiger partial charge < -0.3 is 13.5 Å². The molecule has 28 heavy (non-hydrogen) atoms. The van der Waals surface area contributed by atoms with Gasteiger partial charge in [0.1, 0.15) is 17.9 Å². The lowest BCUT2D eigenvalue weighted by atomic mass is 10.2. The zero-order valence-electron chi connectivity index (χ0n) is 15.9. The van der Waals surface area contributed by atoms with Crippen molar-refractivity contribution in [2.24, 2.45) is 0 Å². The molecule has 148 valence electrons. The summed E-state index contributed by atoms with van der Waals surface area (Å²) < 4.78 is 49.4. The lowest BCUT2D eigenvalue weighted by molar-refractivity contribution is 0.296. The Kier molecular flexibility index (Phi) is 5.42. The summed E-state index contributed by atoms with van der Waals surface area (Å²) in [7, 11) is -3.72. The van der Waals surface area contributed by atoms with Crippen molar-refractivity contribution in [3.63, 3.8) is 0 Å². The third-order valence-electron chi connectivity index (χ3n) is 4.42. The van der Waals surface area contributed by atoms with Crippen LogP contribution in [0, 0.1) is 19.7 Å². The van der Waals surface area contributed by atoms with Crippen LogP contribution in [-0.4, -0.2) is 24.2 Å². The monoisotopic (exact) mass is 404 g/mol. The average Bonchev–Trinajstić information content (AvgIpc) is 2.87. The number of pyridine rings is 1. The Morgan fingerprint density at radius 1 is 1.25 bits per heavy atom. The van der Waals surface area contributed by atoms with Crippen molar-refractivity contribution in [1.29, 1.82) is 0 Å². The summed E-state index contributed by atoms with van der Waals surface area (Å²) in [6.07, 6.45) is 4.06. The smallest absolute Gasteiger partial charge is 0.306 e. The molecule has 6 nitrogen and oxygen atoms in total. The van der Waals surface area contributed by atoms with E-state index in [0.717, 1.165) is 23.1 Å². The van der Waals surface area contributed by atoms with Crippen molar-refractivity contribution in [1.82, 2.24) is 9.55 Å². The topological polar surface area (TPSA) is 70.4 Å². The number of ether oxygens (including phenoxy) is 1. The molecule has 0 saturated carbocycles. The van der Waals surface area contributed by atoms with E-state index in [-0.39, 0.29) is 18.2 Å². The molecule has 0 aliphatic heterocycles. The summed E-state index contributed by atoms with van der Waals surface area (Å²) >= 11 is 0. The molecule has 0 spiro atoms. The number of aromatic nitrogens is 2. The van der Waals surface area contributed by atoms with Crippen molar-refractivity contribution in [3.8, 4) is 11.6 Å². The second-order valence-corrected chi connectivity index (χ2v) is 8.04. The Bertz CT molecular complexity index is 1140. The summed E-state index contributed by atoms with van der Waals surface area (Å²) in [5, 5.41) is 0.619. The number of fused-ring (bicyclic) bond motifs is 1. The van der Waals surface area contributed by atoms with Crippen molar-refractivity contribution in [3.05, 3.63) is 65.8 Å². The average molecular weight is 404 g/mol. The number of allylic oxidation sites excluding steroid dienone is 1. The number of aryl methyl sites for hydroxylation is 1. The Labute approximate surface area is 163 Å². The van der Waals surface area contributed by atoms with Gasteiger partial charge in [0.05, 0.1) is 17.8 Å². The highest BCUT2D eigenvalue weighted by atomic mass is 32.2. The summed E-state index contributed by atoms with van der Waals surface area (Å²) in [4.78, 5) is 4.28. The van der Waals surface area contributed by atoms with Gasteiger partial charge in [0, 0.05) is 12.2 Å². The lowest BCUT2D eigenvalue weighted by Gasteiger charge is -2.12. The van der Waals surface area contributed by atoms with Crippen LogP contribution in [0.4, 0.5) is 4.39 Å². The van der Waals surface area contributed by atoms with E-state index in [1.165, 1.54) is 18.3 Å². The second-order valence-electron chi connectivity index (χ2n) is 6.46. The number of rotatable bonds is 7. The molecule has 0 N–H and O–H groups in total. The predicted octanol–water partition coefficient (Wildman–Crippen LogP) is 3.90. The van der Waals surface area contributed by atoms with E-state index in [9.17, 15) is 12.8 Å². The fourth-order valence-corrected chi connectivity index (χ4v) is 3.50. The van der Waals surface area contributed by atoms with Crippen LogP contribution >= 0.6 is 0 Å². The molecular formula is C20H21FN2O4S. The van der Waals surface area contributed by atoms with Crippen molar-refractivity contribution in [2.75, 3.05) is 6.26 Å². The van der Waals surface area contributed by atoms with E-state index in [0.29, 0.717) is 23.3 Å². The summed E-state index contributed by atoms with van der Waals surface area (Å²) in [6, 6.07) is 5.98. The van der Waals surface area contributed by atoms with Crippen LogP contribution in [0.25, 0.3) is 10.9 Å². The van der Waals surface area contributed by atoms with Crippen molar-refractivity contribution >= 4 is 21.0 Å². The van der Waals surface area contributed by atoms with Crippen molar-refractivity contribution < 1.29 is 21.7 Å². The van der Waals surface area contributed by atoms with E-state index >= 15 is 0 Å². The highest BCUT2D eigenvalue weighted by Crippen LogP contribution is 2.38. The fourth-order valence-electron chi connectivity index (χ4n) is 3.05. The molecule has 8 heteroatoms. The van der Waals surface area contributed by atoms with Gasteiger partial charge in [0.15, 0.2) is 5.75 Å². The van der Waals surface area contributed by atoms with Crippen LogP contribution in [0.3, 0.4) is 0 Å². The molecule has 0 aliphatic carbocycles. The molecule has 0 radical (unpaired) electrons. The molecule has 0 bridgehead atoms. The summed E-state index contributed by atoms with van der Waals surface area (Å²) in [5.74, 6) is 0.158. The molecule has 0 fully saturated rings. The Balaban J connectivity index is 2.11. The largest absolute Gasteiger partial charge is 0.471 e. The molecule has 2 aromatic heterocycles. The molecule has 3 aromatic rings. The number of halogens is 1. The Hall–Kier alpha value is -2.87. The quantitative estimate of drug-likeness (QED) is 0.441. The Morgan fingerprint density at radius 3 is 2.54 bits per heavy atom. The van der Waals surface area contributed by atoms with E-state index in [4.69, 9.17) is 8.92 Å². The number of hydrogen-bond acceptors (Lipinski definition) is 5. The van der Waals surface area contributed by atoms with Gasteiger partial charge in [-0.15, -0.1) is 6.58 Å².